The maximum atomic E-state index is 12.8. The summed E-state index contributed by atoms with van der Waals surface area (Å²) in [5.41, 5.74) is 1.03. The molecule has 0 aliphatic rings. The second-order valence-electron chi connectivity index (χ2n) is 4.52. The third kappa shape index (κ3) is 2.03. The summed E-state index contributed by atoms with van der Waals surface area (Å²) in [6.07, 6.45) is -1.07. The molecule has 0 amide bonds. The van der Waals surface area contributed by atoms with Gasteiger partial charge in [0.25, 0.3) is 6.43 Å². The zero-order chi connectivity index (χ0) is 15.1. The number of nitrogens with one attached hydrogen (secondary N) is 1. The van der Waals surface area contributed by atoms with Gasteiger partial charge in [-0.15, -0.1) is 15.3 Å². The molecule has 1 N–H and O–H groups in total. The smallest absolute Gasteiger partial charge is 0.299 e. The molecule has 4 rings (SSSR count). The number of benzene rings is 1. The zero-order valence-electron chi connectivity index (χ0n) is 10.9. The fourth-order valence-corrected chi connectivity index (χ4v) is 2.08. The summed E-state index contributed by atoms with van der Waals surface area (Å²) in [6.45, 7) is 0. The molecule has 0 aliphatic heterocycles. The molecule has 0 atom stereocenters. The normalized spacial score (nSPS) is 11.6. The highest BCUT2D eigenvalue weighted by atomic mass is 19.3. The maximum absolute atomic E-state index is 12.8. The fourth-order valence-electron chi connectivity index (χ4n) is 2.08. The first-order valence-corrected chi connectivity index (χ1v) is 6.32. The van der Waals surface area contributed by atoms with Crippen LogP contribution in [0.4, 0.5) is 8.78 Å². The van der Waals surface area contributed by atoms with Crippen LogP contribution in [0.2, 0.25) is 0 Å². The van der Waals surface area contributed by atoms with Crippen molar-refractivity contribution in [2.24, 2.45) is 0 Å². The minimum Gasteiger partial charge on any atom is -0.438 e. The van der Waals surface area contributed by atoms with Gasteiger partial charge in [-0.25, -0.2) is 8.78 Å². The van der Waals surface area contributed by atoms with E-state index in [4.69, 9.17) is 4.74 Å². The van der Waals surface area contributed by atoms with Crippen molar-refractivity contribution in [3.8, 4) is 11.6 Å². The standard InChI is InChI=1S/C13H8F2N6O/c14-12(15)13-19-18-10-3-4-11(20-21(10)13)22-8-2-1-7-6-16-17-9(7)5-8/h1-6,12H,(H,16,17). The van der Waals surface area contributed by atoms with E-state index < -0.39 is 12.2 Å². The first-order valence-electron chi connectivity index (χ1n) is 6.32. The SMILES string of the molecule is FC(F)c1nnc2ccc(Oc3ccc4cn[nH]c4c3)nn12. The summed E-state index contributed by atoms with van der Waals surface area (Å²) in [7, 11) is 0. The highest BCUT2D eigenvalue weighted by Gasteiger charge is 2.17. The van der Waals surface area contributed by atoms with Crippen LogP contribution in [0.1, 0.15) is 12.2 Å². The van der Waals surface area contributed by atoms with Crippen molar-refractivity contribution in [3.05, 3.63) is 42.4 Å². The van der Waals surface area contributed by atoms with Crippen LogP contribution in [0, 0.1) is 0 Å². The molecule has 0 fully saturated rings. The molecule has 9 heteroatoms. The van der Waals surface area contributed by atoms with E-state index in [0.717, 1.165) is 15.4 Å². The Morgan fingerprint density at radius 3 is 2.91 bits per heavy atom. The average molecular weight is 302 g/mol. The molecule has 110 valence electrons. The predicted octanol–water partition coefficient (Wildman–Crippen LogP) is 2.73. The number of H-pyrrole nitrogens is 1. The van der Waals surface area contributed by atoms with E-state index >= 15 is 0 Å². The van der Waals surface area contributed by atoms with Crippen molar-refractivity contribution in [1.29, 1.82) is 0 Å². The molecular weight excluding hydrogens is 294 g/mol. The van der Waals surface area contributed by atoms with Crippen molar-refractivity contribution in [2.75, 3.05) is 0 Å². The van der Waals surface area contributed by atoms with Crippen molar-refractivity contribution in [3.63, 3.8) is 0 Å². The molecule has 0 radical (unpaired) electrons. The van der Waals surface area contributed by atoms with Crippen LogP contribution in [0.5, 0.6) is 11.6 Å². The van der Waals surface area contributed by atoms with E-state index in [1.165, 1.54) is 12.1 Å². The quantitative estimate of drug-likeness (QED) is 0.629. The Balaban J connectivity index is 1.72. The number of nitrogens with zero attached hydrogens (tertiary/aromatic N) is 5. The topological polar surface area (TPSA) is 81.0 Å². The van der Waals surface area contributed by atoms with Gasteiger partial charge >= 0.3 is 0 Å². The molecule has 0 saturated carbocycles. The van der Waals surface area contributed by atoms with Crippen LogP contribution in [-0.2, 0) is 0 Å². The van der Waals surface area contributed by atoms with Crippen LogP contribution in [-0.4, -0.2) is 30.0 Å². The average Bonchev–Trinajstić information content (AvgIpc) is 3.12. The lowest BCUT2D eigenvalue weighted by Gasteiger charge is -2.05. The predicted molar refractivity (Wildman–Crippen MR) is 71.9 cm³/mol. The monoisotopic (exact) mass is 302 g/mol. The van der Waals surface area contributed by atoms with E-state index in [2.05, 4.69) is 25.5 Å². The van der Waals surface area contributed by atoms with Crippen molar-refractivity contribution in [1.82, 2.24) is 30.0 Å². The molecule has 4 aromatic rings. The Hall–Kier alpha value is -3.10. The number of hydrogen-bond acceptors (Lipinski definition) is 5. The van der Waals surface area contributed by atoms with E-state index in [-0.39, 0.29) is 11.5 Å². The lowest BCUT2D eigenvalue weighted by atomic mass is 10.2. The van der Waals surface area contributed by atoms with Gasteiger partial charge in [0.05, 0.1) is 11.7 Å². The third-order valence-corrected chi connectivity index (χ3v) is 3.09. The fraction of sp³-hybridized carbons (Fsp3) is 0.0769. The van der Waals surface area contributed by atoms with Gasteiger partial charge < -0.3 is 4.74 Å². The van der Waals surface area contributed by atoms with Gasteiger partial charge in [0, 0.05) is 17.5 Å². The number of aromatic amines is 1. The number of aromatic nitrogens is 6. The summed E-state index contributed by atoms with van der Waals surface area (Å²) in [5.74, 6) is 0.146. The molecule has 7 nitrogen and oxygen atoms in total. The maximum Gasteiger partial charge on any atom is 0.299 e. The van der Waals surface area contributed by atoms with E-state index in [1.54, 1.807) is 18.3 Å². The molecule has 1 aromatic carbocycles. The summed E-state index contributed by atoms with van der Waals surface area (Å²) in [5, 5.41) is 18.7. The van der Waals surface area contributed by atoms with Crippen LogP contribution in [0.3, 0.4) is 0 Å². The van der Waals surface area contributed by atoms with Crippen molar-refractivity contribution >= 4 is 16.6 Å². The second-order valence-corrected chi connectivity index (χ2v) is 4.52. The highest BCUT2D eigenvalue weighted by molar-refractivity contribution is 5.79. The van der Waals surface area contributed by atoms with Gasteiger partial charge in [0.2, 0.25) is 11.7 Å². The Labute approximate surface area is 121 Å². The Bertz CT molecular complexity index is 963. The van der Waals surface area contributed by atoms with Crippen LogP contribution < -0.4 is 4.74 Å². The zero-order valence-corrected chi connectivity index (χ0v) is 10.9. The van der Waals surface area contributed by atoms with Crippen molar-refractivity contribution < 1.29 is 13.5 Å². The van der Waals surface area contributed by atoms with E-state index in [0.29, 0.717) is 5.75 Å². The molecule has 0 aliphatic carbocycles. The number of alkyl halides is 2. The van der Waals surface area contributed by atoms with Gasteiger partial charge in [0.1, 0.15) is 5.75 Å². The minimum absolute atomic E-state index is 0.160. The summed E-state index contributed by atoms with van der Waals surface area (Å²) in [6, 6.07) is 8.36. The molecule has 0 spiro atoms. The Morgan fingerprint density at radius 2 is 2.05 bits per heavy atom. The largest absolute Gasteiger partial charge is 0.438 e. The molecule has 0 bridgehead atoms. The van der Waals surface area contributed by atoms with Crippen LogP contribution in [0.25, 0.3) is 16.6 Å². The Morgan fingerprint density at radius 1 is 1.14 bits per heavy atom. The number of hydrogen-bond donors (Lipinski definition) is 1. The first-order chi connectivity index (χ1) is 10.7. The molecular formula is C13H8F2N6O. The van der Waals surface area contributed by atoms with Crippen LogP contribution >= 0.6 is 0 Å². The highest BCUT2D eigenvalue weighted by Crippen LogP contribution is 2.24. The number of halogens is 2. The van der Waals surface area contributed by atoms with Gasteiger partial charge in [-0.05, 0) is 18.2 Å². The lowest BCUT2D eigenvalue weighted by Crippen LogP contribution is -2.00. The first kappa shape index (κ1) is 12.6. The van der Waals surface area contributed by atoms with Gasteiger partial charge in [-0.2, -0.15) is 9.61 Å². The molecule has 3 heterocycles. The number of ether oxygens (including phenoxy) is 1. The Kier molecular flexibility index (Phi) is 2.71. The van der Waals surface area contributed by atoms with Gasteiger partial charge in [0.15, 0.2) is 5.65 Å². The van der Waals surface area contributed by atoms with Crippen LogP contribution in [0.15, 0.2) is 36.5 Å². The van der Waals surface area contributed by atoms with Gasteiger partial charge in [-0.1, -0.05) is 0 Å². The summed E-state index contributed by atoms with van der Waals surface area (Å²) < 4.78 is 32.2. The third-order valence-electron chi connectivity index (χ3n) is 3.09. The summed E-state index contributed by atoms with van der Waals surface area (Å²) in [4.78, 5) is 0. The van der Waals surface area contributed by atoms with Crippen molar-refractivity contribution in [2.45, 2.75) is 6.43 Å². The lowest BCUT2D eigenvalue weighted by molar-refractivity contribution is 0.137. The summed E-state index contributed by atoms with van der Waals surface area (Å²) >= 11 is 0. The minimum atomic E-state index is -2.76. The molecule has 0 unspecified atom stereocenters. The van der Waals surface area contributed by atoms with E-state index in [9.17, 15) is 8.78 Å². The number of rotatable bonds is 3. The molecule has 22 heavy (non-hydrogen) atoms. The number of fused-ring (bicyclic) bond motifs is 2. The van der Waals surface area contributed by atoms with Gasteiger partial charge in [-0.3, -0.25) is 5.10 Å². The van der Waals surface area contributed by atoms with E-state index in [1.807, 2.05) is 6.07 Å². The molecule has 0 saturated heterocycles. The second kappa shape index (κ2) is 4.72. The molecule has 3 aromatic heterocycles.